The third-order valence-electron chi connectivity index (χ3n) is 6.58. The van der Waals surface area contributed by atoms with Gasteiger partial charge in [0.15, 0.2) is 0 Å². The Bertz CT molecular complexity index is 1290. The van der Waals surface area contributed by atoms with Crippen LogP contribution in [0.1, 0.15) is 28.7 Å². The number of para-hydroxylation sites is 1. The van der Waals surface area contributed by atoms with Gasteiger partial charge in [-0.25, -0.2) is 0 Å². The van der Waals surface area contributed by atoms with Gasteiger partial charge >= 0.3 is 0 Å². The first-order chi connectivity index (χ1) is 16.1. The minimum Gasteiger partial charge on any atom is -0.507 e. The average molecular weight is 450 g/mol. The van der Waals surface area contributed by atoms with Crippen molar-refractivity contribution >= 4 is 24.4 Å². The van der Waals surface area contributed by atoms with Crippen LogP contribution in [0.25, 0.3) is 0 Å². The van der Waals surface area contributed by atoms with E-state index in [1.165, 1.54) is 16.3 Å². The second-order valence-corrected chi connectivity index (χ2v) is 11.0. The summed E-state index contributed by atoms with van der Waals surface area (Å²) >= 11 is 0. The van der Waals surface area contributed by atoms with E-state index in [0.29, 0.717) is 5.75 Å². The van der Waals surface area contributed by atoms with Crippen molar-refractivity contribution < 1.29 is 5.11 Å². The van der Waals surface area contributed by atoms with E-state index < -0.39 is 13.3 Å². The molecular weight excluding hydrogens is 421 g/mol. The molecule has 0 aromatic heterocycles. The summed E-state index contributed by atoms with van der Waals surface area (Å²) in [5.74, 6) is 0.384. The Labute approximate surface area is 197 Å². The number of benzene rings is 4. The van der Waals surface area contributed by atoms with Crippen LogP contribution in [-0.4, -0.2) is 16.7 Å². The number of phenols is 1. The molecule has 164 valence electrons. The fourth-order valence-corrected chi connectivity index (χ4v) is 7.92. The quantitative estimate of drug-likeness (QED) is 0.327. The lowest BCUT2D eigenvalue weighted by Crippen LogP contribution is -2.33. The van der Waals surface area contributed by atoms with Crippen LogP contribution in [-0.2, 0) is 5.41 Å². The molecule has 1 saturated heterocycles. The van der Waals surface area contributed by atoms with Crippen molar-refractivity contribution in [3.8, 4) is 5.75 Å². The molecule has 33 heavy (non-hydrogen) atoms. The number of rotatable bonds is 4. The van der Waals surface area contributed by atoms with Gasteiger partial charge in [0.05, 0.1) is 16.6 Å². The first kappa shape index (κ1) is 21.6. The van der Waals surface area contributed by atoms with Gasteiger partial charge in [0.1, 0.15) is 5.75 Å². The zero-order chi connectivity index (χ0) is 22.8. The van der Waals surface area contributed by atoms with Gasteiger partial charge in [-0.2, -0.15) is 0 Å². The first-order valence-corrected chi connectivity index (χ1v) is 13.0. The Morgan fingerprint density at radius 3 is 2.06 bits per heavy atom. The van der Waals surface area contributed by atoms with Gasteiger partial charge in [-0.05, 0) is 62.9 Å². The van der Waals surface area contributed by atoms with Gasteiger partial charge < -0.3 is 5.11 Å². The smallest absolute Gasteiger partial charge is 0.123 e. The summed E-state index contributed by atoms with van der Waals surface area (Å²) < 4.78 is 0. The fraction of sp³-hybridized carbons (Fsp3) is 0.167. The normalized spacial score (nSPS) is 21.4. The molecule has 0 aliphatic carbocycles. The lowest BCUT2D eigenvalue weighted by molar-refractivity contribution is 0.454. The van der Waals surface area contributed by atoms with Gasteiger partial charge in [-0.15, -0.1) is 0 Å². The number of hydrogen-bond acceptors (Lipinski definition) is 2. The average Bonchev–Trinajstić information content (AvgIpc) is 3.23. The van der Waals surface area contributed by atoms with Crippen LogP contribution in [0.5, 0.6) is 5.75 Å². The molecule has 0 amide bonds. The minimum absolute atomic E-state index is 0.384. The second kappa shape index (κ2) is 8.96. The molecule has 1 N–H and O–H groups in total. The maximum Gasteiger partial charge on any atom is 0.123 e. The fourth-order valence-electron chi connectivity index (χ4n) is 5.06. The van der Waals surface area contributed by atoms with E-state index in [0.717, 1.165) is 35.0 Å². The molecule has 2 nitrogen and oxygen atoms in total. The highest BCUT2D eigenvalue weighted by Gasteiger charge is 2.50. The molecular formula is C30H28NOP. The summed E-state index contributed by atoms with van der Waals surface area (Å²) in [6.45, 7) is 4.10. The van der Waals surface area contributed by atoms with Crippen LogP contribution >= 0.6 is 7.92 Å². The molecule has 1 aliphatic rings. The zero-order valence-corrected chi connectivity index (χ0v) is 20.0. The molecule has 1 heterocycles. The van der Waals surface area contributed by atoms with Gasteiger partial charge in [0, 0.05) is 5.56 Å². The molecule has 1 fully saturated rings. The predicted molar refractivity (Wildman–Crippen MR) is 141 cm³/mol. The summed E-state index contributed by atoms with van der Waals surface area (Å²) in [6, 6.07) is 35.9. The monoisotopic (exact) mass is 449 g/mol. The highest BCUT2D eigenvalue weighted by Crippen LogP contribution is 2.60. The lowest BCUT2D eigenvalue weighted by atomic mass is 9.72. The SMILES string of the molecule is Cc1cc(C)c(O)c(C2(c3ccccc3)CCP(c3ccccc3)C2=Nc2ccccc2)c1. The van der Waals surface area contributed by atoms with E-state index in [-0.39, 0.29) is 0 Å². The van der Waals surface area contributed by atoms with Crippen molar-refractivity contribution in [2.75, 3.05) is 6.16 Å². The van der Waals surface area contributed by atoms with Crippen molar-refractivity contribution in [1.29, 1.82) is 0 Å². The van der Waals surface area contributed by atoms with E-state index in [2.05, 4.69) is 91.9 Å². The van der Waals surface area contributed by atoms with Crippen LogP contribution in [0, 0.1) is 13.8 Å². The zero-order valence-electron chi connectivity index (χ0n) is 19.1. The molecule has 0 spiro atoms. The van der Waals surface area contributed by atoms with Crippen LogP contribution in [0.4, 0.5) is 5.69 Å². The largest absolute Gasteiger partial charge is 0.507 e. The highest BCUT2D eigenvalue weighted by molar-refractivity contribution is 7.82. The Morgan fingerprint density at radius 1 is 0.788 bits per heavy atom. The number of aryl methyl sites for hydroxylation is 2. The molecule has 3 heteroatoms. The first-order valence-electron chi connectivity index (χ1n) is 11.4. The lowest BCUT2D eigenvalue weighted by Gasteiger charge is -2.34. The van der Waals surface area contributed by atoms with Gasteiger partial charge in [0.2, 0.25) is 0 Å². The van der Waals surface area contributed by atoms with Crippen LogP contribution in [0.3, 0.4) is 0 Å². The molecule has 4 aromatic carbocycles. The Morgan fingerprint density at radius 2 is 1.39 bits per heavy atom. The Kier molecular flexibility index (Phi) is 5.87. The highest BCUT2D eigenvalue weighted by atomic mass is 31.1. The van der Waals surface area contributed by atoms with Crippen molar-refractivity contribution in [2.24, 2.45) is 4.99 Å². The maximum absolute atomic E-state index is 11.4. The Hall–Kier alpha value is -3.22. The molecule has 0 bridgehead atoms. The van der Waals surface area contributed by atoms with Crippen LogP contribution in [0.2, 0.25) is 0 Å². The minimum atomic E-state index is -0.655. The number of aliphatic imine (C=N–C) groups is 1. The summed E-state index contributed by atoms with van der Waals surface area (Å²) in [6.07, 6.45) is 1.95. The van der Waals surface area contributed by atoms with Crippen LogP contribution in [0.15, 0.2) is 108 Å². The third kappa shape index (κ3) is 3.90. The number of phenolic OH excluding ortho intramolecular Hbond substituents is 1. The topological polar surface area (TPSA) is 32.6 Å². The molecule has 1 aliphatic heterocycles. The van der Waals surface area contributed by atoms with E-state index in [9.17, 15) is 5.11 Å². The van der Waals surface area contributed by atoms with Gasteiger partial charge in [0.25, 0.3) is 0 Å². The van der Waals surface area contributed by atoms with Crippen molar-refractivity contribution in [3.63, 3.8) is 0 Å². The molecule has 4 aromatic rings. The third-order valence-corrected chi connectivity index (χ3v) is 9.16. The number of aromatic hydroxyl groups is 1. The summed E-state index contributed by atoms with van der Waals surface area (Å²) in [5, 5.41) is 12.7. The van der Waals surface area contributed by atoms with E-state index in [1.807, 2.05) is 25.1 Å². The molecule has 0 saturated carbocycles. The van der Waals surface area contributed by atoms with E-state index >= 15 is 0 Å². The van der Waals surface area contributed by atoms with E-state index in [4.69, 9.17) is 4.99 Å². The van der Waals surface area contributed by atoms with Gasteiger partial charge in [-0.3, -0.25) is 4.99 Å². The maximum atomic E-state index is 11.4. The standard InChI is InChI=1S/C30H28NOP/c1-22-20-23(2)28(32)27(21-22)30(24-12-6-3-7-13-24)18-19-33(26-16-10-5-11-17-26)29(30)31-25-14-8-4-9-15-25/h3-17,20-21,32H,18-19H2,1-2H3. The molecule has 2 unspecified atom stereocenters. The molecule has 2 atom stereocenters. The van der Waals surface area contributed by atoms with Crippen molar-refractivity contribution in [2.45, 2.75) is 25.7 Å². The summed E-state index contributed by atoms with van der Waals surface area (Å²) in [7, 11) is -0.655. The Balaban J connectivity index is 1.84. The second-order valence-electron chi connectivity index (χ2n) is 8.76. The molecule has 0 radical (unpaired) electrons. The van der Waals surface area contributed by atoms with Gasteiger partial charge in [-0.1, -0.05) is 96.6 Å². The summed E-state index contributed by atoms with van der Waals surface area (Å²) in [5.41, 5.74) is 5.89. The summed E-state index contributed by atoms with van der Waals surface area (Å²) in [4.78, 5) is 5.36. The number of nitrogens with zero attached hydrogens (tertiary/aromatic N) is 1. The van der Waals surface area contributed by atoms with E-state index in [1.54, 1.807) is 0 Å². The molecule has 5 rings (SSSR count). The number of hydrogen-bond donors (Lipinski definition) is 1. The van der Waals surface area contributed by atoms with Crippen molar-refractivity contribution in [3.05, 3.63) is 125 Å². The van der Waals surface area contributed by atoms with Crippen molar-refractivity contribution in [1.82, 2.24) is 0 Å². The van der Waals surface area contributed by atoms with Crippen LogP contribution < -0.4 is 5.30 Å². The predicted octanol–water partition coefficient (Wildman–Crippen LogP) is 7.24.